The lowest BCUT2D eigenvalue weighted by Crippen LogP contribution is -1.92. The summed E-state index contributed by atoms with van der Waals surface area (Å²) in [4.78, 5) is 14.4. The number of nitriles is 1. The highest BCUT2D eigenvalue weighted by atomic mass is 32.1. The summed E-state index contributed by atoms with van der Waals surface area (Å²) in [7, 11) is 0. The second kappa shape index (κ2) is 6.87. The standard InChI is InChI=1S/C20H15N7S/c21-11-12-2-1-3-15(10-12)16-17(13-6-8-22-9-7-13)28-20(23-16)25-19-24-18(26-27-19)14-4-5-14/h1-3,6-10,14H,4-5H2,(H2,23,24,25,26,27). The molecule has 3 heterocycles. The first-order chi connectivity index (χ1) is 13.8. The molecule has 3 aromatic heterocycles. The number of H-pyrrole nitrogens is 1. The molecule has 28 heavy (non-hydrogen) atoms. The van der Waals surface area contributed by atoms with Crippen LogP contribution in [0.1, 0.15) is 30.1 Å². The summed E-state index contributed by atoms with van der Waals surface area (Å²) in [6, 6.07) is 13.6. The number of nitrogens with one attached hydrogen (secondary N) is 2. The molecule has 0 saturated heterocycles. The maximum absolute atomic E-state index is 9.24. The first-order valence-corrected chi connectivity index (χ1v) is 9.73. The van der Waals surface area contributed by atoms with Crippen LogP contribution in [0, 0.1) is 11.3 Å². The molecule has 4 aromatic rings. The van der Waals surface area contributed by atoms with E-state index in [1.807, 2.05) is 30.3 Å². The van der Waals surface area contributed by atoms with E-state index < -0.39 is 0 Å². The van der Waals surface area contributed by atoms with Crippen LogP contribution in [-0.4, -0.2) is 25.1 Å². The number of aromatic amines is 1. The van der Waals surface area contributed by atoms with E-state index >= 15 is 0 Å². The molecule has 1 saturated carbocycles. The second-order valence-corrected chi connectivity index (χ2v) is 7.57. The van der Waals surface area contributed by atoms with E-state index in [9.17, 15) is 5.26 Å². The molecule has 8 heteroatoms. The third-order valence-electron chi connectivity index (χ3n) is 4.52. The maximum atomic E-state index is 9.24. The molecule has 2 N–H and O–H groups in total. The van der Waals surface area contributed by atoms with E-state index in [0.29, 0.717) is 22.6 Å². The van der Waals surface area contributed by atoms with Crippen molar-refractivity contribution in [3.05, 3.63) is 60.2 Å². The van der Waals surface area contributed by atoms with E-state index in [-0.39, 0.29) is 0 Å². The monoisotopic (exact) mass is 385 g/mol. The number of aromatic nitrogens is 5. The summed E-state index contributed by atoms with van der Waals surface area (Å²) in [5.74, 6) is 1.96. The molecule has 7 nitrogen and oxygen atoms in total. The second-order valence-electron chi connectivity index (χ2n) is 6.57. The van der Waals surface area contributed by atoms with Crippen molar-refractivity contribution in [1.29, 1.82) is 5.26 Å². The Bertz CT molecular complexity index is 1170. The predicted molar refractivity (Wildman–Crippen MR) is 107 cm³/mol. The molecule has 1 aliphatic carbocycles. The Labute approximate surface area is 165 Å². The van der Waals surface area contributed by atoms with Gasteiger partial charge in [0.25, 0.3) is 0 Å². The fraction of sp³-hybridized carbons (Fsp3) is 0.150. The minimum atomic E-state index is 0.510. The van der Waals surface area contributed by atoms with Crippen molar-refractivity contribution in [2.24, 2.45) is 0 Å². The highest BCUT2D eigenvalue weighted by Crippen LogP contribution is 2.40. The van der Waals surface area contributed by atoms with Gasteiger partial charge >= 0.3 is 0 Å². The molecular formula is C20H15N7S. The van der Waals surface area contributed by atoms with Crippen molar-refractivity contribution in [2.45, 2.75) is 18.8 Å². The van der Waals surface area contributed by atoms with Gasteiger partial charge < -0.3 is 0 Å². The van der Waals surface area contributed by atoms with Gasteiger partial charge in [-0.15, -0.1) is 5.10 Å². The van der Waals surface area contributed by atoms with Crippen molar-refractivity contribution in [1.82, 2.24) is 25.1 Å². The first-order valence-electron chi connectivity index (χ1n) is 8.91. The Morgan fingerprint density at radius 1 is 1.11 bits per heavy atom. The Hall–Kier alpha value is -3.57. The molecule has 0 aliphatic heterocycles. The number of hydrogen-bond acceptors (Lipinski definition) is 7. The summed E-state index contributed by atoms with van der Waals surface area (Å²) < 4.78 is 0. The van der Waals surface area contributed by atoms with Gasteiger partial charge in [0.05, 0.1) is 22.2 Å². The summed E-state index contributed by atoms with van der Waals surface area (Å²) >= 11 is 1.52. The van der Waals surface area contributed by atoms with E-state index in [4.69, 9.17) is 4.98 Å². The fourth-order valence-corrected chi connectivity index (χ4v) is 3.96. The minimum absolute atomic E-state index is 0.510. The molecule has 1 fully saturated rings. The largest absolute Gasteiger partial charge is 0.299 e. The molecule has 0 radical (unpaired) electrons. The number of rotatable bonds is 5. The summed E-state index contributed by atoms with van der Waals surface area (Å²) in [6.07, 6.45) is 5.85. The molecule has 0 bridgehead atoms. The topological polar surface area (TPSA) is 103 Å². The van der Waals surface area contributed by atoms with Crippen LogP contribution in [0.5, 0.6) is 0 Å². The normalized spacial score (nSPS) is 13.2. The van der Waals surface area contributed by atoms with E-state index in [0.717, 1.165) is 40.4 Å². The molecule has 0 unspecified atom stereocenters. The van der Waals surface area contributed by atoms with Crippen molar-refractivity contribution >= 4 is 22.4 Å². The molecule has 1 aromatic carbocycles. The molecule has 0 amide bonds. The average Bonchev–Trinajstić information content (AvgIpc) is 3.35. The number of benzene rings is 1. The van der Waals surface area contributed by atoms with E-state index in [1.165, 1.54) is 11.3 Å². The van der Waals surface area contributed by atoms with Crippen LogP contribution >= 0.6 is 11.3 Å². The van der Waals surface area contributed by atoms with Gasteiger partial charge in [0.15, 0.2) is 5.13 Å². The number of hydrogen-bond donors (Lipinski definition) is 2. The number of pyridine rings is 1. The molecular weight excluding hydrogens is 370 g/mol. The van der Waals surface area contributed by atoms with Crippen molar-refractivity contribution in [2.75, 3.05) is 5.32 Å². The quantitative estimate of drug-likeness (QED) is 0.525. The number of nitrogens with zero attached hydrogens (tertiary/aromatic N) is 5. The summed E-state index contributed by atoms with van der Waals surface area (Å²) in [6.45, 7) is 0. The van der Waals surface area contributed by atoms with Crippen molar-refractivity contribution in [3.8, 4) is 27.8 Å². The van der Waals surface area contributed by atoms with Gasteiger partial charge in [-0.25, -0.2) is 4.98 Å². The van der Waals surface area contributed by atoms with Gasteiger partial charge in [0.2, 0.25) is 5.95 Å². The molecule has 0 spiro atoms. The van der Waals surface area contributed by atoms with Gasteiger partial charge in [-0.05, 0) is 42.7 Å². The smallest absolute Gasteiger partial charge is 0.248 e. The van der Waals surface area contributed by atoms with Crippen LogP contribution in [0.2, 0.25) is 0 Å². The number of thiazole rings is 1. The Kier molecular flexibility index (Phi) is 4.07. The van der Waals surface area contributed by atoms with Crippen LogP contribution in [0.4, 0.5) is 11.1 Å². The summed E-state index contributed by atoms with van der Waals surface area (Å²) in [5.41, 5.74) is 3.33. The fourth-order valence-electron chi connectivity index (χ4n) is 2.97. The van der Waals surface area contributed by atoms with Gasteiger partial charge in [0, 0.05) is 23.9 Å². The van der Waals surface area contributed by atoms with E-state index in [1.54, 1.807) is 18.5 Å². The highest BCUT2D eigenvalue weighted by Gasteiger charge is 2.27. The van der Waals surface area contributed by atoms with Gasteiger partial charge in [-0.2, -0.15) is 10.2 Å². The van der Waals surface area contributed by atoms with Crippen molar-refractivity contribution in [3.63, 3.8) is 0 Å². The Morgan fingerprint density at radius 3 is 2.75 bits per heavy atom. The SMILES string of the molecule is N#Cc1cccc(-c2nc(Nc3n[nH]c(C4CC4)n3)sc2-c2ccncc2)c1. The van der Waals surface area contributed by atoms with Crippen LogP contribution in [-0.2, 0) is 0 Å². The van der Waals surface area contributed by atoms with Crippen LogP contribution in [0.3, 0.4) is 0 Å². The van der Waals surface area contributed by atoms with Crippen LogP contribution in [0.25, 0.3) is 21.7 Å². The lowest BCUT2D eigenvalue weighted by atomic mass is 10.1. The maximum Gasteiger partial charge on any atom is 0.248 e. The van der Waals surface area contributed by atoms with E-state index in [2.05, 4.69) is 31.6 Å². The van der Waals surface area contributed by atoms with Gasteiger partial charge in [-0.1, -0.05) is 23.5 Å². The lowest BCUT2D eigenvalue weighted by molar-refractivity contribution is 0.935. The molecule has 5 rings (SSSR count). The predicted octanol–water partition coefficient (Wildman–Crippen LogP) is 4.48. The summed E-state index contributed by atoms with van der Waals surface area (Å²) in [5, 5.41) is 20.4. The van der Waals surface area contributed by atoms with Gasteiger partial charge in [0.1, 0.15) is 5.82 Å². The number of anilines is 2. The van der Waals surface area contributed by atoms with Crippen LogP contribution < -0.4 is 5.32 Å². The molecule has 1 aliphatic rings. The Morgan fingerprint density at radius 2 is 1.96 bits per heavy atom. The minimum Gasteiger partial charge on any atom is -0.299 e. The third-order valence-corrected chi connectivity index (χ3v) is 5.54. The third kappa shape index (κ3) is 3.23. The molecule has 0 atom stereocenters. The first kappa shape index (κ1) is 16.6. The zero-order chi connectivity index (χ0) is 18.9. The van der Waals surface area contributed by atoms with Crippen LogP contribution in [0.15, 0.2) is 48.8 Å². The zero-order valence-corrected chi connectivity index (χ0v) is 15.6. The highest BCUT2D eigenvalue weighted by molar-refractivity contribution is 7.19. The van der Waals surface area contributed by atoms with Crippen molar-refractivity contribution < 1.29 is 0 Å². The average molecular weight is 385 g/mol. The molecule has 136 valence electrons. The lowest BCUT2D eigenvalue weighted by Gasteiger charge is -2.02. The zero-order valence-electron chi connectivity index (χ0n) is 14.8. The Balaban J connectivity index is 1.55. The van der Waals surface area contributed by atoms with Gasteiger partial charge in [-0.3, -0.25) is 15.4 Å².